The number of unbranched alkanes of at least 4 members (excludes halogenated alkanes) is 1. The van der Waals surface area contributed by atoms with Gasteiger partial charge in [0.15, 0.2) is 8.32 Å². The zero-order chi connectivity index (χ0) is 13.5. The minimum atomic E-state index is -1.61. The molecule has 0 aliphatic rings. The molecule has 0 rings (SSSR count). The van der Waals surface area contributed by atoms with Crippen LogP contribution in [0.1, 0.15) is 33.6 Å². The van der Waals surface area contributed by atoms with Crippen LogP contribution in [0.3, 0.4) is 0 Å². The summed E-state index contributed by atoms with van der Waals surface area (Å²) in [6.07, 6.45) is 5.09. The normalized spacial score (nSPS) is 13.1. The van der Waals surface area contributed by atoms with E-state index in [1.54, 1.807) is 0 Å². The summed E-state index contributed by atoms with van der Waals surface area (Å²) in [6.45, 7) is 12.0. The van der Waals surface area contributed by atoms with E-state index in [0.29, 0.717) is 0 Å². The highest BCUT2D eigenvalue weighted by atomic mass is 28.4. The van der Waals surface area contributed by atoms with Gasteiger partial charge in [-0.2, -0.15) is 0 Å². The third-order valence-corrected chi connectivity index (χ3v) is 7.78. The van der Waals surface area contributed by atoms with E-state index in [0.717, 1.165) is 19.4 Å². The third-order valence-electron chi connectivity index (χ3n) is 3.24. The molecule has 100 valence electrons. The molecule has 0 N–H and O–H groups in total. The molecule has 0 aromatic rings. The van der Waals surface area contributed by atoms with Gasteiger partial charge >= 0.3 is 5.97 Å². The average Bonchev–Trinajstić information content (AvgIpc) is 2.21. The zero-order valence-corrected chi connectivity index (χ0v) is 13.0. The summed E-state index contributed by atoms with van der Waals surface area (Å²) in [5.41, 5.74) is 0. The van der Waals surface area contributed by atoms with Crippen molar-refractivity contribution in [1.29, 1.82) is 0 Å². The number of allylic oxidation sites excluding steroid dienone is 1. The second-order valence-electron chi connectivity index (χ2n) is 5.68. The lowest BCUT2D eigenvalue weighted by atomic mass is 10.2. The molecule has 0 bridgehead atoms. The van der Waals surface area contributed by atoms with Crippen LogP contribution in [0.2, 0.25) is 18.1 Å². The van der Waals surface area contributed by atoms with Gasteiger partial charge in [-0.3, -0.25) is 0 Å². The molecule has 0 aromatic carbocycles. The van der Waals surface area contributed by atoms with Crippen molar-refractivity contribution in [3.63, 3.8) is 0 Å². The van der Waals surface area contributed by atoms with Crippen LogP contribution in [0, 0.1) is 0 Å². The first kappa shape index (κ1) is 16.4. The SMILES string of the molecule is COC(=O)/C=C/CCCO[Si](C)(C)C(C)(C)C. The Labute approximate surface area is 106 Å². The van der Waals surface area contributed by atoms with Gasteiger partial charge < -0.3 is 9.16 Å². The van der Waals surface area contributed by atoms with Crippen LogP contribution < -0.4 is 0 Å². The Morgan fingerprint density at radius 2 is 1.88 bits per heavy atom. The molecular weight excluding hydrogens is 232 g/mol. The molecular formula is C13H26O3Si. The van der Waals surface area contributed by atoms with E-state index < -0.39 is 8.32 Å². The zero-order valence-electron chi connectivity index (χ0n) is 12.0. The van der Waals surface area contributed by atoms with Crippen LogP contribution in [0.25, 0.3) is 0 Å². The second-order valence-corrected chi connectivity index (χ2v) is 10.5. The molecule has 0 unspecified atom stereocenters. The molecule has 0 aliphatic carbocycles. The lowest BCUT2D eigenvalue weighted by Gasteiger charge is -2.36. The van der Waals surface area contributed by atoms with Crippen LogP contribution >= 0.6 is 0 Å². The molecule has 0 amide bonds. The number of hydrogen-bond acceptors (Lipinski definition) is 3. The van der Waals surface area contributed by atoms with Crippen molar-refractivity contribution in [3.05, 3.63) is 12.2 Å². The van der Waals surface area contributed by atoms with Gasteiger partial charge in [-0.05, 0) is 31.0 Å². The van der Waals surface area contributed by atoms with Gasteiger partial charge in [-0.15, -0.1) is 0 Å². The lowest BCUT2D eigenvalue weighted by molar-refractivity contribution is -0.134. The standard InChI is InChI=1S/C13H26O3Si/c1-13(2,3)17(5,6)16-11-9-7-8-10-12(14)15-4/h8,10H,7,9,11H2,1-6H3/b10-8+. The monoisotopic (exact) mass is 258 g/mol. The van der Waals surface area contributed by atoms with Gasteiger partial charge in [0.1, 0.15) is 0 Å². The van der Waals surface area contributed by atoms with Crippen molar-refractivity contribution in [2.75, 3.05) is 13.7 Å². The largest absolute Gasteiger partial charge is 0.466 e. The summed E-state index contributed by atoms with van der Waals surface area (Å²) in [5, 5.41) is 0.259. The van der Waals surface area contributed by atoms with Crippen LogP contribution in [-0.2, 0) is 14.0 Å². The predicted octanol–water partition coefficient (Wildman–Crippen LogP) is 3.52. The highest BCUT2D eigenvalue weighted by molar-refractivity contribution is 6.74. The van der Waals surface area contributed by atoms with Gasteiger partial charge in [0.2, 0.25) is 0 Å². The first-order valence-electron chi connectivity index (χ1n) is 6.09. The van der Waals surface area contributed by atoms with Crippen molar-refractivity contribution >= 4 is 14.3 Å². The maximum Gasteiger partial charge on any atom is 0.330 e. The molecule has 0 atom stereocenters. The number of carbonyl (C=O) groups excluding carboxylic acids is 1. The second kappa shape index (κ2) is 6.96. The van der Waals surface area contributed by atoms with Gasteiger partial charge in [-0.25, -0.2) is 4.79 Å². The minimum absolute atomic E-state index is 0.259. The van der Waals surface area contributed by atoms with E-state index in [-0.39, 0.29) is 11.0 Å². The topological polar surface area (TPSA) is 35.5 Å². The maximum atomic E-state index is 10.8. The van der Waals surface area contributed by atoms with E-state index in [1.165, 1.54) is 13.2 Å². The van der Waals surface area contributed by atoms with E-state index in [4.69, 9.17) is 4.43 Å². The molecule has 3 nitrogen and oxygen atoms in total. The first-order chi connectivity index (χ1) is 7.70. The highest BCUT2D eigenvalue weighted by Crippen LogP contribution is 2.36. The summed E-state index contributed by atoms with van der Waals surface area (Å²) in [6, 6.07) is 0. The third kappa shape index (κ3) is 6.63. The summed E-state index contributed by atoms with van der Waals surface area (Å²) >= 11 is 0. The van der Waals surface area contributed by atoms with Gasteiger partial charge in [0.05, 0.1) is 7.11 Å². The van der Waals surface area contributed by atoms with Gasteiger partial charge in [0.25, 0.3) is 0 Å². The van der Waals surface area contributed by atoms with Crippen molar-refractivity contribution in [1.82, 2.24) is 0 Å². The smallest absolute Gasteiger partial charge is 0.330 e. The van der Waals surface area contributed by atoms with E-state index >= 15 is 0 Å². The molecule has 0 radical (unpaired) electrons. The number of hydrogen-bond donors (Lipinski definition) is 0. The Hall–Kier alpha value is -0.613. The summed E-state index contributed by atoms with van der Waals surface area (Å²) < 4.78 is 10.5. The Morgan fingerprint density at radius 1 is 1.29 bits per heavy atom. The molecule has 0 fully saturated rings. The number of ether oxygens (including phenoxy) is 1. The fraction of sp³-hybridized carbons (Fsp3) is 0.769. The molecule has 0 spiro atoms. The quantitative estimate of drug-likeness (QED) is 0.316. The average molecular weight is 258 g/mol. The molecule has 0 aliphatic heterocycles. The molecule has 0 saturated heterocycles. The van der Waals surface area contributed by atoms with Gasteiger partial charge in [-0.1, -0.05) is 26.8 Å². The minimum Gasteiger partial charge on any atom is -0.466 e. The number of esters is 1. The van der Waals surface area contributed by atoms with E-state index in [9.17, 15) is 4.79 Å². The van der Waals surface area contributed by atoms with Crippen LogP contribution in [0.15, 0.2) is 12.2 Å². The fourth-order valence-electron chi connectivity index (χ4n) is 0.993. The Bertz CT molecular complexity index is 264. The van der Waals surface area contributed by atoms with Crippen molar-refractivity contribution in [2.24, 2.45) is 0 Å². The molecule has 0 heterocycles. The number of carbonyl (C=O) groups is 1. The van der Waals surface area contributed by atoms with Crippen LogP contribution in [0.4, 0.5) is 0 Å². The summed E-state index contributed by atoms with van der Waals surface area (Å²) in [5.74, 6) is -0.296. The highest BCUT2D eigenvalue weighted by Gasteiger charge is 2.36. The number of rotatable bonds is 6. The maximum absolute atomic E-state index is 10.8. The van der Waals surface area contributed by atoms with E-state index in [1.807, 2.05) is 6.08 Å². The molecule has 0 aromatic heterocycles. The number of methoxy groups -OCH3 is 1. The van der Waals surface area contributed by atoms with Crippen molar-refractivity contribution in [3.8, 4) is 0 Å². The molecule has 4 heteroatoms. The first-order valence-corrected chi connectivity index (χ1v) is 9.00. The molecule has 0 saturated carbocycles. The summed E-state index contributed by atoms with van der Waals surface area (Å²) in [7, 11) is -0.227. The Morgan fingerprint density at radius 3 is 2.35 bits per heavy atom. The molecule has 17 heavy (non-hydrogen) atoms. The summed E-state index contributed by atoms with van der Waals surface area (Å²) in [4.78, 5) is 10.8. The lowest BCUT2D eigenvalue weighted by Crippen LogP contribution is -2.40. The van der Waals surface area contributed by atoms with Crippen molar-refractivity contribution < 1.29 is 14.0 Å². The van der Waals surface area contributed by atoms with Crippen LogP contribution in [0.5, 0.6) is 0 Å². The Balaban J connectivity index is 3.79. The van der Waals surface area contributed by atoms with Crippen LogP contribution in [-0.4, -0.2) is 28.0 Å². The predicted molar refractivity (Wildman–Crippen MR) is 73.5 cm³/mol. The fourth-order valence-corrected chi connectivity index (χ4v) is 2.08. The van der Waals surface area contributed by atoms with Crippen molar-refractivity contribution in [2.45, 2.75) is 51.7 Å². The van der Waals surface area contributed by atoms with Gasteiger partial charge in [0, 0.05) is 12.7 Å². The van der Waals surface area contributed by atoms with E-state index in [2.05, 4.69) is 38.6 Å². The Kier molecular flexibility index (Phi) is 6.71.